The highest BCUT2D eigenvalue weighted by Crippen LogP contribution is 2.54. The number of thioether (sulfide) groups is 1. The van der Waals surface area contributed by atoms with Crippen LogP contribution in [0.1, 0.15) is 25.0 Å². The quantitative estimate of drug-likeness (QED) is 0.0645. The predicted molar refractivity (Wildman–Crippen MR) is 189 cm³/mol. The molecule has 2 aliphatic heterocycles. The van der Waals surface area contributed by atoms with Crippen LogP contribution in [0.5, 0.6) is 0 Å². The Labute approximate surface area is 298 Å². The van der Waals surface area contributed by atoms with Crippen LogP contribution in [0.3, 0.4) is 0 Å². The van der Waals surface area contributed by atoms with Gasteiger partial charge >= 0.3 is 16.1 Å². The van der Waals surface area contributed by atoms with Gasteiger partial charge < -0.3 is 14.4 Å². The molecule has 262 valence electrons. The van der Waals surface area contributed by atoms with E-state index in [1.807, 2.05) is 18.7 Å². The molecule has 50 heavy (non-hydrogen) atoms. The van der Waals surface area contributed by atoms with Gasteiger partial charge in [-0.1, -0.05) is 6.58 Å². The molecule has 0 unspecified atom stereocenters. The molecule has 2 aromatic carbocycles. The third-order valence-corrected chi connectivity index (χ3v) is 13.2. The first-order valence-corrected chi connectivity index (χ1v) is 19.5. The highest BCUT2D eigenvalue weighted by molar-refractivity contribution is 8.00. The second-order valence-electron chi connectivity index (χ2n) is 11.9. The number of aliphatic carboxylic acids is 1. The molecule has 0 saturated carbocycles. The molecule has 0 atom stereocenters. The minimum atomic E-state index is -5.48. The van der Waals surface area contributed by atoms with Gasteiger partial charge in [-0.25, -0.2) is 13.8 Å². The summed E-state index contributed by atoms with van der Waals surface area (Å²) in [5.41, 5.74) is -0.0388. The van der Waals surface area contributed by atoms with Crippen LogP contribution in [-0.4, -0.2) is 56.9 Å². The van der Waals surface area contributed by atoms with Crippen molar-refractivity contribution in [3.63, 3.8) is 0 Å². The second kappa shape index (κ2) is 12.2. The number of carbonyl (C=O) groups is 1. The summed E-state index contributed by atoms with van der Waals surface area (Å²) in [6, 6.07) is 7.94. The van der Waals surface area contributed by atoms with E-state index in [2.05, 4.69) is 24.2 Å². The molecule has 0 saturated heterocycles. The molecule has 0 radical (unpaired) electrons. The second-order valence-corrected chi connectivity index (χ2v) is 17.5. The Hall–Kier alpha value is -3.78. The van der Waals surface area contributed by atoms with Crippen molar-refractivity contribution in [2.75, 3.05) is 24.7 Å². The first kappa shape index (κ1) is 36.0. The van der Waals surface area contributed by atoms with Gasteiger partial charge in [0.25, 0.3) is 10.1 Å². The molecule has 0 bridgehead atoms. The molecule has 18 heteroatoms. The number of hydrogen-bond acceptors (Lipinski definition) is 10. The van der Waals surface area contributed by atoms with Crippen LogP contribution in [0, 0.1) is 11.6 Å². The minimum Gasteiger partial charge on any atom is -0.481 e. The number of nitrogens with zero attached hydrogens (tertiary/aromatic N) is 1. The van der Waals surface area contributed by atoms with Crippen LogP contribution in [0.15, 0.2) is 61.4 Å². The zero-order valence-electron chi connectivity index (χ0n) is 26.5. The third kappa shape index (κ3) is 5.81. The number of thiophene rings is 1. The Balaban J connectivity index is 1.88. The van der Waals surface area contributed by atoms with Crippen LogP contribution in [0.2, 0.25) is 0 Å². The Bertz CT molecular complexity index is 2590. The summed E-state index contributed by atoms with van der Waals surface area (Å²) in [6.45, 7) is 7.54. The van der Waals surface area contributed by atoms with Gasteiger partial charge in [0.05, 0.1) is 22.9 Å². The average Bonchev–Trinajstić information content (AvgIpc) is 3.49. The van der Waals surface area contributed by atoms with E-state index in [0.29, 0.717) is 50.4 Å². The fraction of sp³-hybridized carbons (Fsp3) is 0.188. The van der Waals surface area contributed by atoms with Crippen molar-refractivity contribution in [1.82, 2.24) is 0 Å². The molecule has 3 heterocycles. The highest BCUT2D eigenvalue weighted by atomic mass is 32.3. The van der Waals surface area contributed by atoms with E-state index < -0.39 is 64.5 Å². The van der Waals surface area contributed by atoms with Gasteiger partial charge in [0, 0.05) is 61.1 Å². The maximum atomic E-state index is 16.8. The van der Waals surface area contributed by atoms with Crippen LogP contribution in [0.4, 0.5) is 14.5 Å². The topological polar surface area (TPSA) is 176 Å². The molecule has 0 amide bonds. The van der Waals surface area contributed by atoms with E-state index >= 15 is 8.78 Å². The van der Waals surface area contributed by atoms with E-state index in [1.165, 1.54) is 24.3 Å². The maximum Gasteiger partial charge on any atom is 0.313 e. The molecule has 4 N–H and O–H groups in total. The van der Waals surface area contributed by atoms with Gasteiger partial charge in [-0.2, -0.15) is 16.8 Å². The van der Waals surface area contributed by atoms with Crippen molar-refractivity contribution in [1.29, 1.82) is 0 Å². The van der Waals surface area contributed by atoms with E-state index in [1.54, 1.807) is 20.2 Å². The molecule has 1 aliphatic carbocycles. The molecule has 6 rings (SSSR count). The molecule has 11 nitrogen and oxygen atoms in total. The van der Waals surface area contributed by atoms with Crippen LogP contribution in [-0.2, 0) is 30.6 Å². The standard InChI is InChI=1S/C32H26F2N2O9S5/c1-13(46)14-6-16-22(10-20(14)35-4)45-23-11-21-15(30-18(32(2,3)36(21)5)8-26(48-30)49(39,40)41)7-17(23)27(16)28-29(34)24(47-12-25(37)38)9-19(33)31(28)50(42,43)44/h6-11,46H,1,12H2,2-5H3,(H,37,38)(H,39,40,41)(H,42,43,44)/p+1. The summed E-state index contributed by atoms with van der Waals surface area (Å²) in [7, 11) is -6.74. The summed E-state index contributed by atoms with van der Waals surface area (Å²) in [5.74, 6) is -4.85. The van der Waals surface area contributed by atoms with Crippen LogP contribution < -0.4 is 15.2 Å². The molecular formula is C32H27F2N2O9S5+. The Morgan fingerprint density at radius 3 is 2.32 bits per heavy atom. The third-order valence-electron chi connectivity index (χ3n) is 8.62. The first-order valence-electron chi connectivity index (χ1n) is 14.3. The van der Waals surface area contributed by atoms with Crippen molar-refractivity contribution in [3.8, 4) is 32.9 Å². The number of halogens is 2. The lowest BCUT2D eigenvalue weighted by Gasteiger charge is -2.42. The Kier molecular flexibility index (Phi) is 8.77. The number of nitrogens with one attached hydrogen (secondary N) is 1. The normalized spacial score (nSPS) is 14.7. The molecular weight excluding hydrogens is 755 g/mol. The number of benzene rings is 3. The van der Waals surface area contributed by atoms with E-state index in [-0.39, 0.29) is 37.0 Å². The number of fused-ring (bicyclic) bond motifs is 5. The van der Waals surface area contributed by atoms with Gasteiger partial charge in [0.15, 0.2) is 0 Å². The summed E-state index contributed by atoms with van der Waals surface area (Å²) in [6.07, 6.45) is 0. The summed E-state index contributed by atoms with van der Waals surface area (Å²) in [5, 5.41) is 9.75. The molecule has 3 aliphatic rings. The van der Waals surface area contributed by atoms with Crippen molar-refractivity contribution >= 4 is 83.5 Å². The van der Waals surface area contributed by atoms with Gasteiger partial charge in [-0.3, -0.25) is 13.9 Å². The lowest BCUT2D eigenvalue weighted by molar-refractivity contribution is -0.465. The fourth-order valence-corrected chi connectivity index (χ4v) is 9.73. The number of carboxylic acid groups (broad SMARTS) is 1. The molecule has 0 spiro atoms. The fourth-order valence-electron chi connectivity index (χ4n) is 6.08. The number of thiol groups is 1. The Morgan fingerprint density at radius 1 is 1.06 bits per heavy atom. The minimum absolute atomic E-state index is 0.0219. The summed E-state index contributed by atoms with van der Waals surface area (Å²) < 4.78 is 109. The zero-order chi connectivity index (χ0) is 36.8. The van der Waals surface area contributed by atoms with Gasteiger partial charge in [0.2, 0.25) is 5.36 Å². The number of hydrogen-bond donors (Lipinski definition) is 5. The maximum absolute atomic E-state index is 16.8. The van der Waals surface area contributed by atoms with Gasteiger partial charge in [-0.05, 0) is 43.7 Å². The largest absolute Gasteiger partial charge is 0.481 e. The molecule has 3 aromatic rings. The molecule has 0 fully saturated rings. The van der Waals surface area contributed by atoms with Crippen molar-refractivity contribution in [3.05, 3.63) is 71.1 Å². The van der Waals surface area contributed by atoms with Crippen molar-refractivity contribution in [2.45, 2.75) is 33.4 Å². The lowest BCUT2D eigenvalue weighted by Crippen LogP contribution is -2.72. The van der Waals surface area contributed by atoms with Crippen molar-refractivity contribution < 1.29 is 54.0 Å². The zero-order valence-corrected chi connectivity index (χ0v) is 30.6. The number of carboxylic acids is 1. The van der Waals surface area contributed by atoms with E-state index in [4.69, 9.17) is 4.42 Å². The van der Waals surface area contributed by atoms with Crippen LogP contribution in [0.25, 0.3) is 48.8 Å². The van der Waals surface area contributed by atoms with E-state index in [9.17, 15) is 35.8 Å². The monoisotopic (exact) mass is 781 g/mol. The summed E-state index contributed by atoms with van der Waals surface area (Å²) in [4.78, 5) is 14.9. The average molecular weight is 782 g/mol. The summed E-state index contributed by atoms with van der Waals surface area (Å²) >= 11 is 5.57. The highest BCUT2D eigenvalue weighted by Gasteiger charge is 2.40. The van der Waals surface area contributed by atoms with Crippen molar-refractivity contribution in [2.24, 2.45) is 0 Å². The smallest absolute Gasteiger partial charge is 0.313 e. The number of anilines is 1. The SMILES string of the molecule is C=C(S)c1cc2c(-c3c(F)c(SCC(=O)O)cc(F)c3S(=O)(=O)O)c3cc4c(cc3oc-2cc1=[NH+]C)N(C)C(C)(C)c1cc(S(=O)(=O)O)sc1-4. The van der Waals surface area contributed by atoms with E-state index in [0.717, 1.165) is 11.3 Å². The molecule has 1 aromatic heterocycles. The lowest BCUT2D eigenvalue weighted by atomic mass is 9.84. The first-order chi connectivity index (χ1) is 23.2. The van der Waals surface area contributed by atoms with Gasteiger partial charge in [-0.15, -0.1) is 35.7 Å². The van der Waals surface area contributed by atoms with Gasteiger partial charge in [0.1, 0.15) is 39.1 Å². The Morgan fingerprint density at radius 2 is 1.74 bits per heavy atom. The predicted octanol–water partition coefficient (Wildman–Crippen LogP) is 5.08. The van der Waals surface area contributed by atoms with Crippen LogP contribution >= 0.6 is 35.7 Å². The number of rotatable bonds is 7.